The Morgan fingerprint density at radius 2 is 1.56 bits per heavy atom. The first kappa shape index (κ1) is 16.6. The molecule has 4 N–H and O–H groups in total. The Morgan fingerprint density at radius 1 is 1.25 bits per heavy atom. The van der Waals surface area contributed by atoms with Crippen molar-refractivity contribution in [3.8, 4) is 0 Å². The summed E-state index contributed by atoms with van der Waals surface area (Å²) in [4.78, 5) is 30.1. The van der Waals surface area contributed by atoms with Crippen LogP contribution in [0.2, 0.25) is 0 Å². The molecule has 0 aromatic rings. The zero-order valence-corrected chi connectivity index (χ0v) is 9.40. The van der Waals surface area contributed by atoms with Crippen LogP contribution in [0.5, 0.6) is 0 Å². The largest absolute Gasteiger partial charge is 0.481 e. The molecule has 6 nitrogen and oxygen atoms in total. The molecule has 0 heterocycles. The number of nitrogens with two attached hydrogens (primary N) is 1. The highest BCUT2D eigenvalue weighted by atomic mass is 16.4. The summed E-state index contributed by atoms with van der Waals surface area (Å²) < 4.78 is 0. The second-order valence-electron chi connectivity index (χ2n) is 3.16. The Bertz CT molecular complexity index is 259. The SMILES string of the molecule is C=C(C)C(N)=O.CCCC(C(=O)O)C(=O)O. The van der Waals surface area contributed by atoms with Crippen LogP contribution in [0, 0.1) is 5.92 Å². The van der Waals surface area contributed by atoms with Gasteiger partial charge in [-0.2, -0.15) is 0 Å². The van der Waals surface area contributed by atoms with Crippen LogP contribution < -0.4 is 5.73 Å². The number of hydrogen-bond acceptors (Lipinski definition) is 3. The third-order valence-corrected chi connectivity index (χ3v) is 1.59. The molecule has 16 heavy (non-hydrogen) atoms. The van der Waals surface area contributed by atoms with Crippen molar-refractivity contribution < 1.29 is 24.6 Å². The predicted octanol–water partition coefficient (Wildman–Crippen LogP) is 0.620. The van der Waals surface area contributed by atoms with Crippen LogP contribution in [0.4, 0.5) is 0 Å². The fourth-order valence-electron chi connectivity index (χ4n) is 0.641. The van der Waals surface area contributed by atoms with E-state index in [-0.39, 0.29) is 6.42 Å². The maximum Gasteiger partial charge on any atom is 0.317 e. The smallest absolute Gasteiger partial charge is 0.317 e. The number of carbonyl (C=O) groups is 3. The first-order valence-electron chi connectivity index (χ1n) is 4.64. The topological polar surface area (TPSA) is 118 Å². The molecule has 0 aromatic heterocycles. The Morgan fingerprint density at radius 3 is 1.62 bits per heavy atom. The van der Waals surface area contributed by atoms with E-state index in [0.29, 0.717) is 12.0 Å². The summed E-state index contributed by atoms with van der Waals surface area (Å²) in [6.07, 6.45) is 0.772. The van der Waals surface area contributed by atoms with Gasteiger partial charge in [-0.3, -0.25) is 14.4 Å². The minimum Gasteiger partial charge on any atom is -0.481 e. The monoisotopic (exact) mass is 231 g/mol. The minimum absolute atomic E-state index is 0.199. The van der Waals surface area contributed by atoms with Gasteiger partial charge in [0.25, 0.3) is 0 Å². The standard InChI is InChI=1S/C6H10O4.C4H7NO/c1-2-3-4(5(7)8)6(9)10;1-3(2)4(5)6/h4H,2-3H2,1H3,(H,7,8)(H,9,10);1H2,2H3,(H2,5,6). The van der Waals surface area contributed by atoms with Crippen molar-refractivity contribution in [2.75, 3.05) is 0 Å². The number of hydrogen-bond donors (Lipinski definition) is 3. The number of carbonyl (C=O) groups excluding carboxylic acids is 1. The third kappa shape index (κ3) is 8.74. The lowest BCUT2D eigenvalue weighted by Crippen LogP contribution is -2.22. The summed E-state index contributed by atoms with van der Waals surface area (Å²) in [7, 11) is 0. The number of primary amides is 1. The first-order valence-corrected chi connectivity index (χ1v) is 4.64. The van der Waals surface area contributed by atoms with E-state index < -0.39 is 23.8 Å². The van der Waals surface area contributed by atoms with E-state index >= 15 is 0 Å². The third-order valence-electron chi connectivity index (χ3n) is 1.59. The van der Waals surface area contributed by atoms with Gasteiger partial charge in [-0.25, -0.2) is 0 Å². The van der Waals surface area contributed by atoms with E-state index in [1.54, 1.807) is 13.8 Å². The quantitative estimate of drug-likeness (QED) is 0.473. The van der Waals surface area contributed by atoms with Gasteiger partial charge in [0.15, 0.2) is 5.92 Å². The lowest BCUT2D eigenvalue weighted by molar-refractivity contribution is -0.154. The van der Waals surface area contributed by atoms with Crippen LogP contribution in [-0.4, -0.2) is 28.1 Å². The first-order chi connectivity index (χ1) is 7.23. The molecule has 1 amide bonds. The number of aliphatic carboxylic acids is 2. The van der Waals surface area contributed by atoms with Gasteiger partial charge in [0.2, 0.25) is 5.91 Å². The molecule has 0 radical (unpaired) electrons. The molecule has 92 valence electrons. The molecule has 0 saturated carbocycles. The van der Waals surface area contributed by atoms with Crippen LogP contribution >= 0.6 is 0 Å². The van der Waals surface area contributed by atoms with Crippen LogP contribution in [0.25, 0.3) is 0 Å². The normalized spacial score (nSPS) is 8.94. The van der Waals surface area contributed by atoms with Crippen molar-refractivity contribution in [1.29, 1.82) is 0 Å². The summed E-state index contributed by atoms with van der Waals surface area (Å²) in [5.41, 5.74) is 5.09. The fourth-order valence-corrected chi connectivity index (χ4v) is 0.641. The zero-order valence-electron chi connectivity index (χ0n) is 9.40. The molecule has 0 spiro atoms. The van der Waals surface area contributed by atoms with E-state index in [1.807, 2.05) is 0 Å². The average molecular weight is 231 g/mol. The molecule has 0 saturated heterocycles. The van der Waals surface area contributed by atoms with Crippen LogP contribution in [0.3, 0.4) is 0 Å². The summed E-state index contributed by atoms with van der Waals surface area (Å²) in [5, 5.41) is 16.6. The van der Waals surface area contributed by atoms with Crippen LogP contribution in [-0.2, 0) is 14.4 Å². The molecule has 0 aliphatic rings. The number of amides is 1. The van der Waals surface area contributed by atoms with Crippen molar-refractivity contribution in [3.05, 3.63) is 12.2 Å². The lowest BCUT2D eigenvalue weighted by Gasteiger charge is -2.02. The molecule has 0 aliphatic heterocycles. The van der Waals surface area contributed by atoms with E-state index in [0.717, 1.165) is 0 Å². The van der Waals surface area contributed by atoms with Crippen molar-refractivity contribution in [3.63, 3.8) is 0 Å². The summed E-state index contributed by atoms with van der Waals surface area (Å²) in [5.74, 6) is -4.18. The van der Waals surface area contributed by atoms with Gasteiger partial charge in [-0.15, -0.1) is 0 Å². The van der Waals surface area contributed by atoms with E-state index in [4.69, 9.17) is 15.9 Å². The number of carboxylic acids is 2. The Labute approximate surface area is 93.8 Å². The summed E-state index contributed by atoms with van der Waals surface area (Å²) >= 11 is 0. The van der Waals surface area contributed by atoms with Gasteiger partial charge >= 0.3 is 11.9 Å². The Hall–Kier alpha value is -1.85. The van der Waals surface area contributed by atoms with Gasteiger partial charge in [-0.1, -0.05) is 19.9 Å². The van der Waals surface area contributed by atoms with Crippen molar-refractivity contribution in [2.45, 2.75) is 26.7 Å². The summed E-state index contributed by atoms with van der Waals surface area (Å²) in [6.45, 7) is 6.60. The maximum absolute atomic E-state index is 10.2. The number of carboxylic acid groups (broad SMARTS) is 2. The van der Waals surface area contributed by atoms with Gasteiger partial charge < -0.3 is 15.9 Å². The molecule has 6 heteroatoms. The highest BCUT2D eigenvalue weighted by Gasteiger charge is 2.23. The Kier molecular flexibility index (Phi) is 8.76. The average Bonchev–Trinajstić information content (AvgIpc) is 2.13. The van der Waals surface area contributed by atoms with Gasteiger partial charge in [0.05, 0.1) is 0 Å². The molecule has 0 rings (SSSR count). The highest BCUT2D eigenvalue weighted by Crippen LogP contribution is 2.05. The van der Waals surface area contributed by atoms with Crippen molar-refractivity contribution in [1.82, 2.24) is 0 Å². The van der Waals surface area contributed by atoms with E-state index in [9.17, 15) is 14.4 Å². The molecular weight excluding hydrogens is 214 g/mol. The highest BCUT2D eigenvalue weighted by molar-refractivity contribution is 5.92. The van der Waals surface area contributed by atoms with E-state index in [2.05, 4.69) is 6.58 Å². The second kappa shape index (κ2) is 8.46. The second-order valence-corrected chi connectivity index (χ2v) is 3.16. The van der Waals surface area contributed by atoms with Gasteiger partial charge in [0, 0.05) is 5.57 Å². The van der Waals surface area contributed by atoms with Crippen molar-refractivity contribution >= 4 is 17.8 Å². The molecule has 0 aliphatic carbocycles. The fraction of sp³-hybridized carbons (Fsp3) is 0.500. The zero-order chi connectivity index (χ0) is 13.3. The maximum atomic E-state index is 10.2. The molecule has 0 atom stereocenters. The van der Waals surface area contributed by atoms with Gasteiger partial charge in [-0.05, 0) is 13.3 Å². The molecule has 0 unspecified atom stereocenters. The molecular formula is C10H17NO5. The van der Waals surface area contributed by atoms with Crippen LogP contribution in [0.1, 0.15) is 26.7 Å². The van der Waals surface area contributed by atoms with Gasteiger partial charge in [0.1, 0.15) is 0 Å². The van der Waals surface area contributed by atoms with Crippen LogP contribution in [0.15, 0.2) is 12.2 Å². The van der Waals surface area contributed by atoms with E-state index in [1.165, 1.54) is 0 Å². The molecule has 0 aromatic carbocycles. The summed E-state index contributed by atoms with van der Waals surface area (Å²) in [6, 6.07) is 0. The Balaban J connectivity index is 0. The minimum atomic E-state index is -1.26. The number of rotatable bonds is 5. The lowest BCUT2D eigenvalue weighted by atomic mass is 10.1. The molecule has 0 bridgehead atoms. The molecule has 0 fully saturated rings. The van der Waals surface area contributed by atoms with Crippen molar-refractivity contribution in [2.24, 2.45) is 11.7 Å². The predicted molar refractivity (Wildman–Crippen MR) is 57.7 cm³/mol.